The first-order valence-corrected chi connectivity index (χ1v) is 10.3. The number of benzene rings is 2. The lowest BCUT2D eigenvalue weighted by Crippen LogP contribution is -3.15. The molecule has 1 fully saturated rings. The van der Waals surface area contributed by atoms with E-state index in [0.717, 1.165) is 68.9 Å². The van der Waals surface area contributed by atoms with Gasteiger partial charge in [0, 0.05) is 6.54 Å². The number of nitrogens with one attached hydrogen (secondary N) is 2. The average molecular weight is 401 g/mol. The number of hydrogen-bond acceptors (Lipinski definition) is 3. The van der Waals surface area contributed by atoms with Crippen molar-refractivity contribution in [2.45, 2.75) is 6.42 Å². The number of nitrogens with zero attached hydrogens (tertiary/aromatic N) is 1. The zero-order chi connectivity index (χ0) is 19.6. The molecule has 0 unspecified atom stereocenters. The Bertz CT molecular complexity index is 716. The summed E-state index contributed by atoms with van der Waals surface area (Å²) in [6, 6.07) is 18.3. The Morgan fingerprint density at radius 2 is 1.71 bits per heavy atom. The molecule has 0 spiro atoms. The van der Waals surface area contributed by atoms with Crippen LogP contribution in [0.25, 0.3) is 0 Å². The second-order valence-corrected chi connectivity index (χ2v) is 7.37. The van der Waals surface area contributed by atoms with Gasteiger partial charge in [-0.1, -0.05) is 30.3 Å². The molecule has 3 rings (SSSR count). The standard InChI is InChI=1S/C22H29N3O2S/c1-26-20-7-9-21(10-8-20)27-18-17-24-13-15-25(16-14-24)22(28)23-12-11-19-5-3-2-4-6-19/h2-10H,11-18H2,1H3,(H,23,28)/p+1. The maximum Gasteiger partial charge on any atom is 0.169 e. The number of hydrogen-bond donors (Lipinski definition) is 2. The monoisotopic (exact) mass is 400 g/mol. The zero-order valence-electron chi connectivity index (χ0n) is 16.5. The molecule has 1 heterocycles. The predicted molar refractivity (Wildman–Crippen MR) is 116 cm³/mol. The Morgan fingerprint density at radius 1 is 1.04 bits per heavy atom. The molecule has 28 heavy (non-hydrogen) atoms. The number of rotatable bonds is 8. The molecule has 0 atom stereocenters. The molecule has 0 amide bonds. The van der Waals surface area contributed by atoms with Gasteiger partial charge in [0.05, 0.1) is 33.3 Å². The van der Waals surface area contributed by atoms with Crippen molar-refractivity contribution in [1.29, 1.82) is 0 Å². The fourth-order valence-electron chi connectivity index (χ4n) is 3.33. The molecule has 1 saturated heterocycles. The molecular weight excluding hydrogens is 370 g/mol. The summed E-state index contributed by atoms with van der Waals surface area (Å²) in [6.07, 6.45) is 0.995. The minimum atomic E-state index is 0.724. The predicted octanol–water partition coefficient (Wildman–Crippen LogP) is 1.39. The lowest BCUT2D eigenvalue weighted by Gasteiger charge is -2.33. The highest BCUT2D eigenvalue weighted by molar-refractivity contribution is 7.80. The topological polar surface area (TPSA) is 38.2 Å². The van der Waals surface area contributed by atoms with E-state index in [4.69, 9.17) is 21.7 Å². The molecule has 2 N–H and O–H groups in total. The second-order valence-electron chi connectivity index (χ2n) is 6.98. The molecule has 2 aromatic carbocycles. The van der Waals surface area contributed by atoms with Gasteiger partial charge in [0.1, 0.15) is 24.7 Å². The lowest BCUT2D eigenvalue weighted by atomic mass is 10.1. The third-order valence-electron chi connectivity index (χ3n) is 5.07. The van der Waals surface area contributed by atoms with Crippen LogP contribution in [0, 0.1) is 0 Å². The SMILES string of the molecule is COc1ccc(OCC[NH+]2CCN(C(=S)NCCc3ccccc3)CC2)cc1. The Kier molecular flexibility index (Phi) is 7.94. The number of thiocarbonyl (C=S) groups is 1. The van der Waals surface area contributed by atoms with Crippen LogP contribution < -0.4 is 19.7 Å². The van der Waals surface area contributed by atoms with E-state index in [9.17, 15) is 0 Å². The molecule has 0 aliphatic carbocycles. The molecule has 5 nitrogen and oxygen atoms in total. The quantitative estimate of drug-likeness (QED) is 0.656. The average Bonchev–Trinajstić information content (AvgIpc) is 2.75. The zero-order valence-corrected chi connectivity index (χ0v) is 17.3. The van der Waals surface area contributed by atoms with E-state index in [1.807, 2.05) is 30.3 Å². The van der Waals surface area contributed by atoms with Crippen molar-refractivity contribution in [2.75, 3.05) is 53.0 Å². The highest BCUT2D eigenvalue weighted by atomic mass is 32.1. The van der Waals surface area contributed by atoms with E-state index in [-0.39, 0.29) is 0 Å². The van der Waals surface area contributed by atoms with E-state index in [0.29, 0.717) is 0 Å². The Balaban J connectivity index is 1.29. The van der Waals surface area contributed by atoms with Gasteiger partial charge in [0.25, 0.3) is 0 Å². The molecule has 0 aromatic heterocycles. The molecule has 150 valence electrons. The summed E-state index contributed by atoms with van der Waals surface area (Å²) >= 11 is 5.57. The van der Waals surface area contributed by atoms with Gasteiger partial charge in [-0.15, -0.1) is 0 Å². The van der Waals surface area contributed by atoms with Gasteiger partial charge in [0.15, 0.2) is 5.11 Å². The molecule has 1 aliphatic heterocycles. The summed E-state index contributed by atoms with van der Waals surface area (Å²) in [4.78, 5) is 3.85. The van der Waals surface area contributed by atoms with Crippen LogP contribution in [0.15, 0.2) is 54.6 Å². The molecular formula is C22H30N3O2S+. The van der Waals surface area contributed by atoms with Gasteiger partial charge in [-0.3, -0.25) is 0 Å². The van der Waals surface area contributed by atoms with Gasteiger partial charge in [-0.2, -0.15) is 0 Å². The molecule has 1 aliphatic rings. The molecule has 2 aromatic rings. The highest BCUT2D eigenvalue weighted by Crippen LogP contribution is 2.16. The largest absolute Gasteiger partial charge is 0.497 e. The van der Waals surface area contributed by atoms with Crippen LogP contribution in [-0.4, -0.2) is 63.0 Å². The Labute approximate surface area is 173 Å². The number of quaternary nitrogens is 1. The van der Waals surface area contributed by atoms with Crippen LogP contribution in [0.4, 0.5) is 0 Å². The third-order valence-corrected chi connectivity index (χ3v) is 5.48. The van der Waals surface area contributed by atoms with Crippen molar-refractivity contribution >= 4 is 17.3 Å². The van der Waals surface area contributed by atoms with Gasteiger partial charge in [0.2, 0.25) is 0 Å². The van der Waals surface area contributed by atoms with Crippen molar-refractivity contribution in [3.8, 4) is 11.5 Å². The molecule has 6 heteroatoms. The third kappa shape index (κ3) is 6.39. The summed E-state index contributed by atoms with van der Waals surface area (Å²) in [7, 11) is 1.67. The Morgan fingerprint density at radius 3 is 2.39 bits per heavy atom. The van der Waals surface area contributed by atoms with Gasteiger partial charge >= 0.3 is 0 Å². The molecule has 0 radical (unpaired) electrons. The van der Waals surface area contributed by atoms with Crippen molar-refractivity contribution in [2.24, 2.45) is 0 Å². The van der Waals surface area contributed by atoms with Gasteiger partial charge < -0.3 is 24.6 Å². The molecule has 0 saturated carbocycles. The summed E-state index contributed by atoms with van der Waals surface area (Å²) in [5, 5.41) is 4.28. The summed E-state index contributed by atoms with van der Waals surface area (Å²) in [5.74, 6) is 1.74. The van der Waals surface area contributed by atoms with Gasteiger partial charge in [-0.05, 0) is 48.5 Å². The highest BCUT2D eigenvalue weighted by Gasteiger charge is 2.21. The fourth-order valence-corrected chi connectivity index (χ4v) is 3.62. The van der Waals surface area contributed by atoms with Crippen molar-refractivity contribution < 1.29 is 14.4 Å². The van der Waals surface area contributed by atoms with Crippen LogP contribution in [0.3, 0.4) is 0 Å². The van der Waals surface area contributed by atoms with E-state index in [1.165, 1.54) is 5.56 Å². The minimum absolute atomic E-state index is 0.724. The molecule has 0 bridgehead atoms. The van der Waals surface area contributed by atoms with Gasteiger partial charge in [-0.25, -0.2) is 0 Å². The van der Waals surface area contributed by atoms with Crippen LogP contribution in [0.5, 0.6) is 11.5 Å². The van der Waals surface area contributed by atoms with Crippen LogP contribution in [0.2, 0.25) is 0 Å². The van der Waals surface area contributed by atoms with Crippen LogP contribution in [-0.2, 0) is 6.42 Å². The second kappa shape index (κ2) is 10.9. The summed E-state index contributed by atoms with van der Waals surface area (Å²) in [5.41, 5.74) is 1.34. The first-order valence-electron chi connectivity index (χ1n) is 9.92. The van der Waals surface area contributed by atoms with E-state index < -0.39 is 0 Å². The maximum absolute atomic E-state index is 5.85. The maximum atomic E-state index is 5.85. The first-order chi connectivity index (χ1) is 13.7. The minimum Gasteiger partial charge on any atom is -0.497 e. The van der Waals surface area contributed by atoms with Crippen LogP contribution >= 0.6 is 12.2 Å². The number of piperazine rings is 1. The Hall–Kier alpha value is -2.31. The fraction of sp³-hybridized carbons (Fsp3) is 0.409. The van der Waals surface area contributed by atoms with Crippen molar-refractivity contribution in [3.63, 3.8) is 0 Å². The first kappa shape index (κ1) is 20.4. The summed E-state index contributed by atoms with van der Waals surface area (Å²) < 4.78 is 11.0. The summed E-state index contributed by atoms with van der Waals surface area (Å²) in [6.45, 7) is 6.78. The van der Waals surface area contributed by atoms with Crippen molar-refractivity contribution in [3.05, 3.63) is 60.2 Å². The number of methoxy groups -OCH3 is 1. The lowest BCUT2D eigenvalue weighted by molar-refractivity contribution is -0.903. The van der Waals surface area contributed by atoms with Crippen molar-refractivity contribution in [1.82, 2.24) is 10.2 Å². The normalized spacial score (nSPS) is 14.5. The van der Waals surface area contributed by atoms with E-state index in [2.05, 4.69) is 34.5 Å². The van der Waals surface area contributed by atoms with E-state index >= 15 is 0 Å². The van der Waals surface area contributed by atoms with Crippen LogP contribution in [0.1, 0.15) is 5.56 Å². The number of ether oxygens (including phenoxy) is 2. The van der Waals surface area contributed by atoms with E-state index in [1.54, 1.807) is 12.0 Å². The smallest absolute Gasteiger partial charge is 0.169 e.